The summed E-state index contributed by atoms with van der Waals surface area (Å²) in [6, 6.07) is 7.45. The molecule has 21 heavy (non-hydrogen) atoms. The molecule has 116 valence electrons. The van der Waals surface area contributed by atoms with E-state index < -0.39 is 0 Å². The molecular weight excluding hydrogens is 263 g/mol. The summed E-state index contributed by atoms with van der Waals surface area (Å²) in [5.74, 6) is -0.0612. The Balaban J connectivity index is 1.99. The maximum Gasteiger partial charge on any atom is 0.128 e. The molecule has 3 heteroatoms. The summed E-state index contributed by atoms with van der Waals surface area (Å²) in [7, 11) is 0. The molecule has 1 aliphatic carbocycles. The number of halogens is 1. The fourth-order valence-corrected chi connectivity index (χ4v) is 4.44. The van der Waals surface area contributed by atoms with Crippen molar-refractivity contribution in [3.63, 3.8) is 0 Å². The number of benzene rings is 1. The van der Waals surface area contributed by atoms with Gasteiger partial charge in [0.2, 0.25) is 0 Å². The van der Waals surface area contributed by atoms with Gasteiger partial charge in [0.1, 0.15) is 5.82 Å². The molecule has 1 aromatic rings. The van der Waals surface area contributed by atoms with E-state index in [1.165, 1.54) is 51.6 Å². The van der Waals surface area contributed by atoms with Crippen molar-refractivity contribution >= 4 is 0 Å². The minimum absolute atomic E-state index is 0.0612. The van der Waals surface area contributed by atoms with Crippen molar-refractivity contribution in [2.45, 2.75) is 57.0 Å². The van der Waals surface area contributed by atoms with Crippen LogP contribution in [0.25, 0.3) is 0 Å². The maximum atomic E-state index is 14.4. The summed E-state index contributed by atoms with van der Waals surface area (Å²) in [4.78, 5) is 2.65. The van der Waals surface area contributed by atoms with Crippen molar-refractivity contribution in [1.82, 2.24) is 10.2 Å². The lowest BCUT2D eigenvalue weighted by molar-refractivity contribution is 0.0756. The molecule has 1 unspecified atom stereocenters. The van der Waals surface area contributed by atoms with Crippen LogP contribution in [0, 0.1) is 5.82 Å². The second-order valence-corrected chi connectivity index (χ2v) is 6.52. The molecule has 0 bridgehead atoms. The second kappa shape index (κ2) is 6.45. The van der Waals surface area contributed by atoms with Crippen molar-refractivity contribution in [2.75, 3.05) is 19.6 Å². The molecule has 0 amide bonds. The van der Waals surface area contributed by atoms with Gasteiger partial charge >= 0.3 is 0 Å². The Hall–Kier alpha value is -0.930. The Labute approximate surface area is 127 Å². The number of nitrogens with zero attached hydrogens (tertiary/aromatic N) is 1. The van der Waals surface area contributed by atoms with Gasteiger partial charge in [-0.3, -0.25) is 4.90 Å². The molecule has 1 aromatic carbocycles. The second-order valence-electron chi connectivity index (χ2n) is 6.52. The van der Waals surface area contributed by atoms with Crippen LogP contribution in [0.2, 0.25) is 0 Å². The van der Waals surface area contributed by atoms with Gasteiger partial charge in [-0.1, -0.05) is 38.0 Å². The summed E-state index contributed by atoms with van der Waals surface area (Å²) in [5, 5.41) is 3.62. The van der Waals surface area contributed by atoms with Crippen LogP contribution in [0.1, 0.15) is 57.1 Å². The third-order valence-electron chi connectivity index (χ3n) is 5.37. The molecule has 2 aliphatic rings. The highest BCUT2D eigenvalue weighted by Gasteiger charge is 2.47. The normalized spacial score (nSPS) is 23.5. The molecule has 1 aliphatic heterocycles. The Morgan fingerprint density at radius 3 is 2.43 bits per heavy atom. The number of hydrogen-bond donors (Lipinski definition) is 1. The van der Waals surface area contributed by atoms with Crippen LogP contribution in [0.4, 0.5) is 4.39 Å². The van der Waals surface area contributed by atoms with Crippen molar-refractivity contribution in [2.24, 2.45) is 0 Å². The first-order valence-corrected chi connectivity index (χ1v) is 8.51. The third kappa shape index (κ3) is 2.74. The monoisotopic (exact) mass is 290 g/mol. The summed E-state index contributed by atoms with van der Waals surface area (Å²) in [5.41, 5.74) is 0.975. The van der Waals surface area contributed by atoms with Gasteiger partial charge < -0.3 is 5.32 Å². The van der Waals surface area contributed by atoms with Gasteiger partial charge in [-0.25, -0.2) is 4.39 Å². The molecule has 1 N–H and O–H groups in total. The Bertz CT molecular complexity index is 462. The van der Waals surface area contributed by atoms with Crippen LogP contribution in [0.3, 0.4) is 0 Å². The van der Waals surface area contributed by atoms with Gasteiger partial charge in [-0.15, -0.1) is 0 Å². The van der Waals surface area contributed by atoms with Gasteiger partial charge in [-0.05, 0) is 51.4 Å². The lowest BCUT2D eigenvalue weighted by Gasteiger charge is -2.45. The molecule has 2 fully saturated rings. The first-order valence-electron chi connectivity index (χ1n) is 8.51. The highest BCUT2D eigenvalue weighted by molar-refractivity contribution is 5.26. The van der Waals surface area contributed by atoms with E-state index in [0.717, 1.165) is 12.1 Å². The van der Waals surface area contributed by atoms with E-state index in [0.29, 0.717) is 0 Å². The van der Waals surface area contributed by atoms with Gasteiger partial charge in [0.15, 0.2) is 0 Å². The maximum absolute atomic E-state index is 14.4. The van der Waals surface area contributed by atoms with Gasteiger partial charge in [0.05, 0.1) is 6.04 Å². The van der Waals surface area contributed by atoms with E-state index in [4.69, 9.17) is 0 Å². The van der Waals surface area contributed by atoms with Crippen LogP contribution in [0.15, 0.2) is 24.3 Å². The van der Waals surface area contributed by atoms with E-state index in [1.807, 2.05) is 12.1 Å². The van der Waals surface area contributed by atoms with E-state index in [1.54, 1.807) is 12.1 Å². The largest absolute Gasteiger partial charge is 0.309 e. The number of rotatable bonds is 5. The Morgan fingerprint density at radius 2 is 1.81 bits per heavy atom. The summed E-state index contributed by atoms with van der Waals surface area (Å²) in [6.45, 7) is 5.36. The standard InChI is InChI=1S/C18H27FN2/c1-2-20-17(15-9-3-4-10-16(15)19)18(11-5-6-12-18)21-13-7-8-14-21/h3-4,9-10,17,20H,2,5-8,11-14H2,1H3. The zero-order chi connectivity index (χ0) is 14.7. The number of nitrogens with one attached hydrogen (secondary N) is 1. The third-order valence-corrected chi connectivity index (χ3v) is 5.37. The zero-order valence-corrected chi connectivity index (χ0v) is 13.1. The fourth-order valence-electron chi connectivity index (χ4n) is 4.44. The van der Waals surface area contributed by atoms with Crippen LogP contribution in [-0.4, -0.2) is 30.1 Å². The summed E-state index contributed by atoms with van der Waals surface area (Å²) < 4.78 is 14.4. The summed E-state index contributed by atoms with van der Waals surface area (Å²) in [6.07, 6.45) is 7.51. The zero-order valence-electron chi connectivity index (χ0n) is 13.1. The van der Waals surface area contributed by atoms with Crippen LogP contribution < -0.4 is 5.32 Å². The van der Waals surface area contributed by atoms with E-state index in [-0.39, 0.29) is 17.4 Å². The smallest absolute Gasteiger partial charge is 0.128 e. The number of likely N-dealkylation sites (tertiary alicyclic amines) is 1. The average Bonchev–Trinajstić information content (AvgIpc) is 3.17. The molecule has 0 radical (unpaired) electrons. The van der Waals surface area contributed by atoms with E-state index in [2.05, 4.69) is 17.1 Å². The van der Waals surface area contributed by atoms with Gasteiger partial charge in [0.25, 0.3) is 0 Å². The summed E-state index contributed by atoms with van der Waals surface area (Å²) >= 11 is 0. The molecule has 1 saturated heterocycles. The predicted molar refractivity (Wildman–Crippen MR) is 84.8 cm³/mol. The van der Waals surface area contributed by atoms with E-state index >= 15 is 0 Å². The van der Waals surface area contributed by atoms with Gasteiger partial charge in [0, 0.05) is 11.1 Å². The van der Waals surface area contributed by atoms with Crippen LogP contribution in [-0.2, 0) is 0 Å². The van der Waals surface area contributed by atoms with Crippen molar-refractivity contribution in [3.05, 3.63) is 35.6 Å². The highest BCUT2D eigenvalue weighted by Crippen LogP contribution is 2.46. The molecular formula is C18H27FN2. The number of hydrogen-bond acceptors (Lipinski definition) is 2. The molecule has 1 atom stereocenters. The molecule has 1 heterocycles. The SMILES string of the molecule is CCNC(c1ccccc1F)C1(N2CCCC2)CCCC1. The molecule has 0 spiro atoms. The van der Waals surface area contributed by atoms with Crippen molar-refractivity contribution < 1.29 is 4.39 Å². The van der Waals surface area contributed by atoms with Crippen LogP contribution in [0.5, 0.6) is 0 Å². The Morgan fingerprint density at radius 1 is 1.14 bits per heavy atom. The quantitative estimate of drug-likeness (QED) is 0.885. The first-order chi connectivity index (χ1) is 10.3. The lowest BCUT2D eigenvalue weighted by Crippen LogP contribution is -2.54. The van der Waals surface area contributed by atoms with Crippen molar-refractivity contribution in [1.29, 1.82) is 0 Å². The molecule has 1 saturated carbocycles. The molecule has 3 rings (SSSR count). The van der Waals surface area contributed by atoms with Crippen LogP contribution >= 0.6 is 0 Å². The fraction of sp³-hybridized carbons (Fsp3) is 0.667. The molecule has 2 nitrogen and oxygen atoms in total. The minimum atomic E-state index is -0.0612. The minimum Gasteiger partial charge on any atom is -0.309 e. The predicted octanol–water partition coefficient (Wildman–Crippen LogP) is 3.88. The van der Waals surface area contributed by atoms with Crippen molar-refractivity contribution in [3.8, 4) is 0 Å². The lowest BCUT2D eigenvalue weighted by atomic mass is 9.81. The first kappa shape index (κ1) is 15.0. The van der Waals surface area contributed by atoms with E-state index in [9.17, 15) is 4.39 Å². The average molecular weight is 290 g/mol. The number of likely N-dealkylation sites (N-methyl/N-ethyl adjacent to an activating group) is 1. The topological polar surface area (TPSA) is 15.3 Å². The molecule has 0 aromatic heterocycles. The Kier molecular flexibility index (Phi) is 4.60. The van der Waals surface area contributed by atoms with Gasteiger partial charge in [-0.2, -0.15) is 0 Å². The highest BCUT2D eigenvalue weighted by atomic mass is 19.1.